The van der Waals surface area contributed by atoms with Gasteiger partial charge in [0.2, 0.25) is 0 Å². The summed E-state index contributed by atoms with van der Waals surface area (Å²) in [5, 5.41) is 10.9. The number of hydrogen-bond acceptors (Lipinski definition) is 3. The Hall–Kier alpha value is -1.36. The van der Waals surface area contributed by atoms with Crippen LogP contribution in [0.2, 0.25) is 5.02 Å². The van der Waals surface area contributed by atoms with Crippen LogP contribution in [-0.2, 0) is 19.5 Å². The number of imidazole rings is 1. The molecule has 1 saturated heterocycles. The smallest absolute Gasteiger partial charge is 0.122 e. The Bertz CT molecular complexity index is 672. The maximum atomic E-state index is 10.1. The molecule has 0 spiro atoms. The largest absolute Gasteiger partial charge is 0.396 e. The Balaban J connectivity index is 1.72. The van der Waals surface area contributed by atoms with Gasteiger partial charge in [0, 0.05) is 35.9 Å². The van der Waals surface area contributed by atoms with Gasteiger partial charge < -0.3 is 9.67 Å². The van der Waals surface area contributed by atoms with Crippen LogP contribution in [-0.4, -0.2) is 39.3 Å². The highest BCUT2D eigenvalue weighted by atomic mass is 35.5. The van der Waals surface area contributed by atoms with Crippen molar-refractivity contribution < 1.29 is 5.11 Å². The quantitative estimate of drug-likeness (QED) is 0.871. The normalized spacial score (nSPS) is 22.0. The van der Waals surface area contributed by atoms with Crippen LogP contribution in [0.4, 0.5) is 0 Å². The maximum Gasteiger partial charge on any atom is 0.122 e. The van der Waals surface area contributed by atoms with Gasteiger partial charge in [-0.25, -0.2) is 4.98 Å². The molecule has 0 radical (unpaired) electrons. The number of benzene rings is 1. The molecule has 1 aromatic heterocycles. The molecular weight excluding hydrogens is 322 g/mol. The van der Waals surface area contributed by atoms with Gasteiger partial charge in [-0.05, 0) is 50.4 Å². The number of aryl methyl sites for hydroxylation is 1. The van der Waals surface area contributed by atoms with Gasteiger partial charge in [0.15, 0.2) is 0 Å². The Labute approximate surface area is 149 Å². The molecule has 0 saturated carbocycles. The Morgan fingerprint density at radius 1 is 1.38 bits per heavy atom. The van der Waals surface area contributed by atoms with E-state index in [1.54, 1.807) is 0 Å². The molecule has 5 heteroatoms. The van der Waals surface area contributed by atoms with Crippen LogP contribution in [0.5, 0.6) is 0 Å². The first-order valence-corrected chi connectivity index (χ1v) is 9.09. The maximum absolute atomic E-state index is 10.1. The van der Waals surface area contributed by atoms with Crippen molar-refractivity contribution in [1.29, 1.82) is 0 Å². The number of nitrogens with zero attached hydrogens (tertiary/aromatic N) is 3. The molecular formula is C19H26ClN3O. The lowest BCUT2D eigenvalue weighted by Gasteiger charge is -2.42. The molecule has 0 unspecified atom stereocenters. The average molecular weight is 348 g/mol. The Morgan fingerprint density at radius 2 is 2.25 bits per heavy atom. The Morgan fingerprint density at radius 3 is 3.00 bits per heavy atom. The van der Waals surface area contributed by atoms with E-state index in [1.165, 1.54) is 5.56 Å². The predicted molar refractivity (Wildman–Crippen MR) is 97.1 cm³/mol. The highest BCUT2D eigenvalue weighted by Gasteiger charge is 2.35. The van der Waals surface area contributed by atoms with Crippen LogP contribution in [0.3, 0.4) is 0 Å². The fourth-order valence-corrected chi connectivity index (χ4v) is 4.05. The van der Waals surface area contributed by atoms with Gasteiger partial charge >= 0.3 is 0 Å². The molecule has 2 heterocycles. The zero-order valence-electron chi connectivity index (χ0n) is 14.3. The number of piperidine rings is 1. The number of rotatable bonds is 6. The van der Waals surface area contributed by atoms with E-state index in [2.05, 4.69) is 27.4 Å². The van der Waals surface area contributed by atoms with E-state index in [0.717, 1.165) is 56.3 Å². The fraction of sp³-hybridized carbons (Fsp3) is 0.526. The lowest BCUT2D eigenvalue weighted by molar-refractivity contribution is 0.0274. The second kappa shape index (κ2) is 7.68. The summed E-state index contributed by atoms with van der Waals surface area (Å²) in [5.41, 5.74) is 1.11. The van der Waals surface area contributed by atoms with Crippen molar-refractivity contribution >= 4 is 11.6 Å². The molecule has 1 aliphatic heterocycles. The summed E-state index contributed by atoms with van der Waals surface area (Å²) in [6.07, 6.45) is 6.92. The Kier molecular flexibility index (Phi) is 5.59. The van der Waals surface area contributed by atoms with E-state index in [-0.39, 0.29) is 12.0 Å². The van der Waals surface area contributed by atoms with Gasteiger partial charge in [0.1, 0.15) is 5.82 Å². The second-order valence-corrected chi connectivity index (χ2v) is 7.34. The van der Waals surface area contributed by atoms with Crippen LogP contribution in [0.25, 0.3) is 0 Å². The van der Waals surface area contributed by atoms with E-state index in [0.29, 0.717) is 0 Å². The van der Waals surface area contributed by atoms with E-state index in [4.69, 9.17) is 11.6 Å². The minimum Gasteiger partial charge on any atom is -0.396 e. The van der Waals surface area contributed by atoms with Crippen LogP contribution in [0.1, 0.15) is 31.2 Å². The summed E-state index contributed by atoms with van der Waals surface area (Å²) in [6.45, 7) is 6.09. The zero-order valence-corrected chi connectivity index (χ0v) is 15.0. The topological polar surface area (TPSA) is 41.3 Å². The molecule has 1 N–H and O–H groups in total. The van der Waals surface area contributed by atoms with Crippen LogP contribution < -0.4 is 0 Å². The lowest BCUT2D eigenvalue weighted by atomic mass is 9.75. The predicted octanol–water partition coefficient (Wildman–Crippen LogP) is 3.37. The summed E-state index contributed by atoms with van der Waals surface area (Å²) in [6, 6.07) is 8.00. The number of aromatic nitrogens is 2. The van der Waals surface area contributed by atoms with Crippen LogP contribution >= 0.6 is 11.6 Å². The van der Waals surface area contributed by atoms with Crippen molar-refractivity contribution in [1.82, 2.24) is 14.5 Å². The molecule has 1 atom stereocenters. The van der Waals surface area contributed by atoms with Gasteiger partial charge in [0.05, 0.1) is 13.2 Å². The van der Waals surface area contributed by atoms with Crippen molar-refractivity contribution in [3.8, 4) is 0 Å². The minimum absolute atomic E-state index is 0.0907. The van der Waals surface area contributed by atoms with E-state index in [1.807, 2.05) is 30.6 Å². The van der Waals surface area contributed by atoms with Crippen LogP contribution in [0.15, 0.2) is 36.7 Å². The summed E-state index contributed by atoms with van der Waals surface area (Å²) in [5.74, 6) is 1.11. The molecule has 1 aromatic carbocycles. The number of aliphatic hydroxyl groups excluding tert-OH is 1. The first-order chi connectivity index (χ1) is 11.6. The highest BCUT2D eigenvalue weighted by molar-refractivity contribution is 6.30. The van der Waals surface area contributed by atoms with Crippen LogP contribution in [0, 0.1) is 5.41 Å². The van der Waals surface area contributed by atoms with Crippen molar-refractivity contribution in [2.45, 2.75) is 39.3 Å². The van der Waals surface area contributed by atoms with Gasteiger partial charge in [0.25, 0.3) is 0 Å². The standard InChI is InChI=1S/C19H26ClN3O/c1-2-23-10-8-21-18(23)13-22-9-4-7-19(14-22,15-24)12-16-5-3-6-17(20)11-16/h3,5-6,8,10-11,24H,2,4,7,9,12-15H2,1H3/t19-/m1/s1. The van der Waals surface area contributed by atoms with E-state index >= 15 is 0 Å². The SMILES string of the molecule is CCn1ccnc1CN1CCC[C@@](CO)(Cc2cccc(Cl)c2)C1. The number of halogens is 1. The van der Waals surface area contributed by atoms with E-state index in [9.17, 15) is 5.11 Å². The molecule has 3 rings (SSSR count). The molecule has 0 bridgehead atoms. The third kappa shape index (κ3) is 4.00. The van der Waals surface area contributed by atoms with Gasteiger partial charge in [-0.2, -0.15) is 0 Å². The molecule has 4 nitrogen and oxygen atoms in total. The molecule has 0 aliphatic carbocycles. The third-order valence-electron chi connectivity index (χ3n) is 5.05. The molecule has 0 amide bonds. The minimum atomic E-state index is -0.0907. The average Bonchev–Trinajstić information content (AvgIpc) is 3.02. The number of aliphatic hydroxyl groups is 1. The number of hydrogen-bond donors (Lipinski definition) is 1. The van der Waals surface area contributed by atoms with E-state index < -0.39 is 0 Å². The second-order valence-electron chi connectivity index (χ2n) is 6.91. The fourth-order valence-electron chi connectivity index (χ4n) is 3.83. The molecule has 24 heavy (non-hydrogen) atoms. The van der Waals surface area contributed by atoms with Crippen molar-refractivity contribution in [2.24, 2.45) is 5.41 Å². The zero-order chi connectivity index (χ0) is 17.0. The van der Waals surface area contributed by atoms with Gasteiger partial charge in [-0.15, -0.1) is 0 Å². The molecule has 1 aliphatic rings. The molecule has 2 aromatic rings. The summed E-state index contributed by atoms with van der Waals surface area (Å²) in [4.78, 5) is 6.92. The van der Waals surface area contributed by atoms with Crippen molar-refractivity contribution in [3.05, 3.63) is 53.1 Å². The van der Waals surface area contributed by atoms with Crippen molar-refractivity contribution in [3.63, 3.8) is 0 Å². The summed E-state index contributed by atoms with van der Waals surface area (Å²) >= 11 is 6.12. The summed E-state index contributed by atoms with van der Waals surface area (Å²) in [7, 11) is 0. The van der Waals surface area contributed by atoms with Gasteiger partial charge in [-0.1, -0.05) is 23.7 Å². The first kappa shape index (κ1) is 17.5. The summed E-state index contributed by atoms with van der Waals surface area (Å²) < 4.78 is 2.19. The molecule has 1 fully saturated rings. The first-order valence-electron chi connectivity index (χ1n) is 8.72. The molecule has 130 valence electrons. The number of likely N-dealkylation sites (tertiary alicyclic amines) is 1. The van der Waals surface area contributed by atoms with Crippen molar-refractivity contribution in [2.75, 3.05) is 19.7 Å². The monoisotopic (exact) mass is 347 g/mol. The third-order valence-corrected chi connectivity index (χ3v) is 5.29. The highest BCUT2D eigenvalue weighted by Crippen LogP contribution is 2.34. The van der Waals surface area contributed by atoms with Gasteiger partial charge in [-0.3, -0.25) is 4.90 Å². The lowest BCUT2D eigenvalue weighted by Crippen LogP contribution is -2.46.